The Hall–Kier alpha value is -2.13. The number of hydrogen-bond acceptors (Lipinski definition) is 6. The molecule has 2 saturated carbocycles. The number of nitrogens with one attached hydrogen (secondary N) is 2. The van der Waals surface area contributed by atoms with Gasteiger partial charge in [-0.05, 0) is 36.6 Å². The van der Waals surface area contributed by atoms with Crippen molar-refractivity contribution in [3.05, 3.63) is 34.9 Å². The summed E-state index contributed by atoms with van der Waals surface area (Å²) in [7, 11) is 0. The lowest BCUT2D eigenvalue weighted by Crippen LogP contribution is -2.44. The van der Waals surface area contributed by atoms with Crippen molar-refractivity contribution < 1.29 is 28.7 Å². The molecule has 1 aliphatic heterocycles. The van der Waals surface area contributed by atoms with Gasteiger partial charge in [0.05, 0.1) is 16.7 Å². The molecule has 3 fully saturated rings. The predicted octanol–water partition coefficient (Wildman–Crippen LogP) is 1.22. The van der Waals surface area contributed by atoms with Gasteiger partial charge in [-0.1, -0.05) is 27.5 Å². The predicted molar refractivity (Wildman–Crippen MR) is 99.2 cm³/mol. The van der Waals surface area contributed by atoms with E-state index in [1.165, 1.54) is 12.1 Å². The van der Waals surface area contributed by atoms with Crippen molar-refractivity contribution in [1.29, 1.82) is 0 Å². The van der Waals surface area contributed by atoms with Gasteiger partial charge in [0.15, 0.2) is 6.61 Å². The van der Waals surface area contributed by atoms with Crippen molar-refractivity contribution in [3.63, 3.8) is 0 Å². The van der Waals surface area contributed by atoms with Gasteiger partial charge in [0.1, 0.15) is 6.10 Å². The zero-order valence-electron chi connectivity index (χ0n) is 14.4. The van der Waals surface area contributed by atoms with Crippen molar-refractivity contribution in [1.82, 2.24) is 10.9 Å². The first-order chi connectivity index (χ1) is 13.4. The van der Waals surface area contributed by atoms with Crippen LogP contribution >= 0.6 is 27.5 Å². The van der Waals surface area contributed by atoms with Gasteiger partial charge in [0.25, 0.3) is 11.8 Å². The smallest absolute Gasteiger partial charge is 0.310 e. The standard InChI is InChI=1S/C18H16BrClN2O6/c19-14-9-5-10-13(18(26)28-15(10)14)12(9)17(25)27-6-11(23)21-22-16(24)7-1-3-8(20)4-2-7/h1-4,9-10,12-15H,5-6H2,(H,21,23)(H,22,24)/t9-,10-,12-,13+,14+,15+/m1/s1. The molecule has 1 heterocycles. The lowest BCUT2D eigenvalue weighted by atomic mass is 9.80. The highest BCUT2D eigenvalue weighted by atomic mass is 79.9. The highest BCUT2D eigenvalue weighted by Gasteiger charge is 2.68. The number of carbonyl (C=O) groups is 4. The van der Waals surface area contributed by atoms with E-state index in [1.54, 1.807) is 12.1 Å². The molecule has 0 aromatic heterocycles. The van der Waals surface area contributed by atoms with Crippen LogP contribution in [0.3, 0.4) is 0 Å². The molecule has 1 saturated heterocycles. The van der Waals surface area contributed by atoms with Crippen molar-refractivity contribution in [2.45, 2.75) is 17.4 Å². The van der Waals surface area contributed by atoms with E-state index in [1.807, 2.05) is 0 Å². The van der Waals surface area contributed by atoms with E-state index in [9.17, 15) is 19.2 Å². The van der Waals surface area contributed by atoms with Gasteiger partial charge in [0, 0.05) is 16.5 Å². The quantitative estimate of drug-likeness (QED) is 0.388. The first-order valence-corrected chi connectivity index (χ1v) is 10.0. The monoisotopic (exact) mass is 470 g/mol. The Morgan fingerprint density at radius 3 is 2.61 bits per heavy atom. The normalized spacial score (nSPS) is 32.0. The second kappa shape index (κ2) is 7.36. The van der Waals surface area contributed by atoms with Crippen molar-refractivity contribution in [2.75, 3.05) is 6.61 Å². The van der Waals surface area contributed by atoms with E-state index in [2.05, 4.69) is 26.8 Å². The summed E-state index contributed by atoms with van der Waals surface area (Å²) in [6.07, 6.45) is 0.540. The van der Waals surface area contributed by atoms with Gasteiger partial charge in [-0.25, -0.2) is 0 Å². The Morgan fingerprint density at radius 1 is 1.18 bits per heavy atom. The fraction of sp³-hybridized carbons (Fsp3) is 0.444. The minimum absolute atomic E-state index is 0.0203. The number of hydrazine groups is 1. The third-order valence-electron chi connectivity index (χ3n) is 5.56. The first-order valence-electron chi connectivity index (χ1n) is 8.73. The number of hydrogen-bond donors (Lipinski definition) is 2. The Kier molecular flexibility index (Phi) is 5.05. The van der Waals surface area contributed by atoms with Crippen LogP contribution in [0.2, 0.25) is 5.02 Å². The van der Waals surface area contributed by atoms with E-state index in [4.69, 9.17) is 21.1 Å². The van der Waals surface area contributed by atoms with Crippen LogP contribution in [0.25, 0.3) is 0 Å². The number of halogens is 2. The highest BCUT2D eigenvalue weighted by molar-refractivity contribution is 9.09. The van der Waals surface area contributed by atoms with Crippen LogP contribution in [0.1, 0.15) is 16.8 Å². The molecular weight excluding hydrogens is 456 g/mol. The van der Waals surface area contributed by atoms with E-state index < -0.39 is 36.2 Å². The minimum Gasteiger partial charge on any atom is -0.461 e. The lowest BCUT2D eigenvalue weighted by molar-refractivity contribution is -0.158. The molecule has 6 atom stereocenters. The molecule has 148 valence electrons. The van der Waals surface area contributed by atoms with Gasteiger partial charge >= 0.3 is 11.9 Å². The van der Waals surface area contributed by atoms with Crippen molar-refractivity contribution in [3.8, 4) is 0 Å². The van der Waals surface area contributed by atoms with Gasteiger partial charge in [-0.3, -0.25) is 30.0 Å². The van der Waals surface area contributed by atoms with E-state index in [0.717, 1.165) is 6.42 Å². The Morgan fingerprint density at radius 2 is 1.89 bits per heavy atom. The van der Waals surface area contributed by atoms with Gasteiger partial charge < -0.3 is 9.47 Å². The Labute approximate surface area is 173 Å². The molecule has 2 bridgehead atoms. The topological polar surface area (TPSA) is 111 Å². The number of rotatable bonds is 4. The summed E-state index contributed by atoms with van der Waals surface area (Å²) in [6.45, 7) is -0.564. The van der Waals surface area contributed by atoms with Gasteiger partial charge in [-0.15, -0.1) is 0 Å². The molecule has 2 amide bonds. The number of ether oxygens (including phenoxy) is 2. The van der Waals surface area contributed by atoms with Crippen LogP contribution in [0.5, 0.6) is 0 Å². The number of carbonyl (C=O) groups excluding carboxylic acids is 4. The van der Waals surface area contributed by atoms with E-state index in [-0.39, 0.29) is 28.7 Å². The van der Waals surface area contributed by atoms with Crippen LogP contribution in [-0.4, -0.2) is 41.3 Å². The minimum atomic E-state index is -0.693. The molecule has 0 radical (unpaired) electrons. The summed E-state index contributed by atoms with van der Waals surface area (Å²) in [5.74, 6) is -3.34. The molecule has 0 spiro atoms. The van der Waals surface area contributed by atoms with E-state index in [0.29, 0.717) is 10.6 Å². The Bertz CT molecular complexity index is 847. The van der Waals surface area contributed by atoms with E-state index >= 15 is 0 Å². The average molecular weight is 472 g/mol. The molecule has 8 nitrogen and oxygen atoms in total. The second-order valence-corrected chi connectivity index (χ2v) is 8.57. The second-order valence-electron chi connectivity index (χ2n) is 7.08. The molecule has 1 aromatic carbocycles. The SMILES string of the molecule is O=C(COC(=O)[C@@H]1[C@H]2C[C@H]3[C@H](OC(=O)[C@@H]31)[C@H]2Br)NNC(=O)c1ccc(Cl)cc1. The average Bonchev–Trinajstić information content (AvgIpc) is 3.29. The zero-order chi connectivity index (χ0) is 20.0. The molecule has 3 aliphatic rings. The molecule has 10 heteroatoms. The van der Waals surface area contributed by atoms with Crippen molar-refractivity contribution in [2.24, 2.45) is 23.7 Å². The fourth-order valence-corrected chi connectivity index (χ4v) is 5.53. The number of esters is 2. The highest BCUT2D eigenvalue weighted by Crippen LogP contribution is 2.60. The number of amides is 2. The molecule has 4 rings (SSSR count). The van der Waals surface area contributed by atoms with Crippen LogP contribution in [0.4, 0.5) is 0 Å². The maximum Gasteiger partial charge on any atom is 0.310 e. The maximum absolute atomic E-state index is 12.5. The maximum atomic E-state index is 12.5. The third kappa shape index (κ3) is 3.26. The van der Waals surface area contributed by atoms with Crippen LogP contribution in [0.15, 0.2) is 24.3 Å². The van der Waals surface area contributed by atoms with Crippen LogP contribution in [0, 0.1) is 23.7 Å². The van der Waals surface area contributed by atoms with Crippen LogP contribution in [-0.2, 0) is 23.9 Å². The summed E-state index contributed by atoms with van der Waals surface area (Å²) in [6, 6.07) is 6.10. The zero-order valence-corrected chi connectivity index (χ0v) is 16.7. The number of alkyl halides is 1. The summed E-state index contributed by atoms with van der Waals surface area (Å²) in [5.41, 5.74) is 4.71. The summed E-state index contributed by atoms with van der Waals surface area (Å²) in [4.78, 5) is 48.2. The first kappa shape index (κ1) is 19.2. The third-order valence-corrected chi connectivity index (χ3v) is 7.01. The lowest BCUT2D eigenvalue weighted by Gasteiger charge is -2.26. The molecule has 2 aliphatic carbocycles. The van der Waals surface area contributed by atoms with Crippen LogP contribution < -0.4 is 10.9 Å². The van der Waals surface area contributed by atoms with Crippen molar-refractivity contribution >= 4 is 51.3 Å². The molecule has 2 N–H and O–H groups in total. The largest absolute Gasteiger partial charge is 0.461 e. The molecule has 0 unspecified atom stereocenters. The molecular formula is C18H16BrClN2O6. The number of fused-ring (bicyclic) bond motifs is 1. The fourth-order valence-electron chi connectivity index (χ4n) is 4.36. The summed E-state index contributed by atoms with van der Waals surface area (Å²) < 4.78 is 10.4. The van der Waals surface area contributed by atoms with Gasteiger partial charge in [0.2, 0.25) is 0 Å². The number of benzene rings is 1. The summed E-state index contributed by atoms with van der Waals surface area (Å²) in [5, 5.41) is 0.483. The molecule has 1 aromatic rings. The summed E-state index contributed by atoms with van der Waals surface area (Å²) >= 11 is 9.26. The van der Waals surface area contributed by atoms with Gasteiger partial charge in [-0.2, -0.15) is 0 Å². The Balaban J connectivity index is 1.27. The molecule has 28 heavy (non-hydrogen) atoms.